The molecule has 0 N–H and O–H groups in total. The summed E-state index contributed by atoms with van der Waals surface area (Å²) < 4.78 is 4.35. The zero-order chi connectivity index (χ0) is 15.5. The second-order valence-corrected chi connectivity index (χ2v) is 6.41. The quantitative estimate of drug-likeness (QED) is 0.813. The number of aromatic nitrogens is 4. The highest BCUT2D eigenvalue weighted by molar-refractivity contribution is 5.08. The smallest absolute Gasteiger partial charge is 0.0951 e. The van der Waals surface area contributed by atoms with Gasteiger partial charge in [0.2, 0.25) is 0 Å². The van der Waals surface area contributed by atoms with E-state index in [1.807, 2.05) is 23.4 Å². The SMILES string of the molecule is CCn1cc(CN2Cc3cncn3[C@H](CCN(C)C)C2)cn1. The predicted molar refractivity (Wildman–Crippen MR) is 86.5 cm³/mol. The zero-order valence-electron chi connectivity index (χ0n) is 13.8. The fourth-order valence-electron chi connectivity index (χ4n) is 3.14. The van der Waals surface area contributed by atoms with Crippen molar-refractivity contribution >= 4 is 0 Å². The van der Waals surface area contributed by atoms with Crippen LogP contribution in [0.2, 0.25) is 0 Å². The molecule has 6 heteroatoms. The molecule has 2 aromatic rings. The first-order chi connectivity index (χ1) is 10.7. The van der Waals surface area contributed by atoms with Crippen LogP contribution in [0.15, 0.2) is 24.9 Å². The van der Waals surface area contributed by atoms with Crippen molar-refractivity contribution in [1.82, 2.24) is 29.1 Å². The fourth-order valence-corrected chi connectivity index (χ4v) is 3.14. The lowest BCUT2D eigenvalue weighted by Gasteiger charge is -2.34. The van der Waals surface area contributed by atoms with Gasteiger partial charge in [0.1, 0.15) is 0 Å². The maximum atomic E-state index is 4.38. The van der Waals surface area contributed by atoms with E-state index in [9.17, 15) is 0 Å². The number of rotatable bonds is 6. The van der Waals surface area contributed by atoms with Gasteiger partial charge in [0.25, 0.3) is 0 Å². The van der Waals surface area contributed by atoms with Crippen LogP contribution in [0.4, 0.5) is 0 Å². The Morgan fingerprint density at radius 3 is 2.91 bits per heavy atom. The number of fused-ring (bicyclic) bond motifs is 1. The second-order valence-electron chi connectivity index (χ2n) is 6.41. The number of imidazole rings is 1. The minimum absolute atomic E-state index is 0.509. The van der Waals surface area contributed by atoms with Crippen LogP contribution in [0.5, 0.6) is 0 Å². The van der Waals surface area contributed by atoms with E-state index in [-0.39, 0.29) is 0 Å². The van der Waals surface area contributed by atoms with Crippen LogP contribution in [0.25, 0.3) is 0 Å². The van der Waals surface area contributed by atoms with Crippen molar-refractivity contribution < 1.29 is 0 Å². The van der Waals surface area contributed by atoms with Crippen LogP contribution in [-0.4, -0.2) is 56.3 Å². The van der Waals surface area contributed by atoms with Crippen LogP contribution >= 0.6 is 0 Å². The maximum absolute atomic E-state index is 4.38. The Hall–Kier alpha value is -1.66. The number of nitrogens with zero attached hydrogens (tertiary/aromatic N) is 6. The molecular weight excluding hydrogens is 276 g/mol. The van der Waals surface area contributed by atoms with Crippen molar-refractivity contribution in [2.45, 2.75) is 39.0 Å². The van der Waals surface area contributed by atoms with Crippen molar-refractivity contribution in [2.24, 2.45) is 0 Å². The molecule has 6 nitrogen and oxygen atoms in total. The standard InChI is InChI=1S/C16H26N6/c1-4-21-10-14(7-18-21)9-20-11-15(5-6-19(2)3)22-13-17-8-16(22)12-20/h7-8,10,13,15H,4-6,9,11-12H2,1-3H3/t15-/m1/s1. The first kappa shape index (κ1) is 15.2. The van der Waals surface area contributed by atoms with Crippen molar-refractivity contribution in [3.05, 3.63) is 36.2 Å². The van der Waals surface area contributed by atoms with Gasteiger partial charge in [-0.3, -0.25) is 9.58 Å². The Balaban J connectivity index is 1.69. The van der Waals surface area contributed by atoms with Gasteiger partial charge in [-0.1, -0.05) is 0 Å². The minimum atomic E-state index is 0.509. The lowest BCUT2D eigenvalue weighted by Crippen LogP contribution is -2.37. The van der Waals surface area contributed by atoms with Gasteiger partial charge in [-0.15, -0.1) is 0 Å². The van der Waals surface area contributed by atoms with E-state index in [0.717, 1.165) is 39.1 Å². The van der Waals surface area contributed by atoms with Crippen molar-refractivity contribution in [3.63, 3.8) is 0 Å². The van der Waals surface area contributed by atoms with Gasteiger partial charge >= 0.3 is 0 Å². The molecule has 2 aromatic heterocycles. The molecule has 3 heterocycles. The predicted octanol–water partition coefficient (Wildman–Crippen LogP) is 1.61. The van der Waals surface area contributed by atoms with E-state index >= 15 is 0 Å². The Morgan fingerprint density at radius 2 is 2.18 bits per heavy atom. The van der Waals surface area contributed by atoms with E-state index in [2.05, 4.69) is 51.7 Å². The molecule has 0 bridgehead atoms. The first-order valence-corrected chi connectivity index (χ1v) is 8.05. The summed E-state index contributed by atoms with van der Waals surface area (Å²) in [6.45, 7) is 7.16. The Morgan fingerprint density at radius 1 is 1.32 bits per heavy atom. The van der Waals surface area contributed by atoms with Crippen LogP contribution in [0.1, 0.15) is 30.6 Å². The summed E-state index contributed by atoms with van der Waals surface area (Å²) in [4.78, 5) is 9.11. The first-order valence-electron chi connectivity index (χ1n) is 8.05. The Bertz CT molecular complexity index is 599. The summed E-state index contributed by atoms with van der Waals surface area (Å²) in [7, 11) is 4.27. The van der Waals surface area contributed by atoms with Crippen molar-refractivity contribution in [1.29, 1.82) is 0 Å². The molecule has 0 aromatic carbocycles. The average Bonchev–Trinajstić information content (AvgIpc) is 3.13. The van der Waals surface area contributed by atoms with Gasteiger partial charge in [-0.25, -0.2) is 4.98 Å². The molecule has 0 aliphatic carbocycles. The topological polar surface area (TPSA) is 42.1 Å². The van der Waals surface area contributed by atoms with E-state index in [0.29, 0.717) is 6.04 Å². The third-order valence-electron chi connectivity index (χ3n) is 4.32. The lowest BCUT2D eigenvalue weighted by atomic mass is 10.1. The van der Waals surface area contributed by atoms with Gasteiger partial charge < -0.3 is 9.47 Å². The molecule has 22 heavy (non-hydrogen) atoms. The molecule has 3 rings (SSSR count). The highest BCUT2D eigenvalue weighted by Gasteiger charge is 2.25. The normalized spacial score (nSPS) is 18.8. The highest BCUT2D eigenvalue weighted by Crippen LogP contribution is 2.24. The Labute approximate surface area is 132 Å². The number of hydrogen-bond donors (Lipinski definition) is 0. The molecule has 0 amide bonds. The Kier molecular flexibility index (Phi) is 4.59. The summed E-state index contributed by atoms with van der Waals surface area (Å²) >= 11 is 0. The summed E-state index contributed by atoms with van der Waals surface area (Å²) in [5, 5.41) is 4.38. The lowest BCUT2D eigenvalue weighted by molar-refractivity contribution is 0.165. The van der Waals surface area contributed by atoms with Crippen LogP contribution in [0, 0.1) is 0 Å². The maximum Gasteiger partial charge on any atom is 0.0951 e. The van der Waals surface area contributed by atoms with Gasteiger partial charge in [-0.2, -0.15) is 5.10 Å². The number of hydrogen-bond acceptors (Lipinski definition) is 4. The van der Waals surface area contributed by atoms with Crippen molar-refractivity contribution in [3.8, 4) is 0 Å². The van der Waals surface area contributed by atoms with Crippen LogP contribution in [0.3, 0.4) is 0 Å². The van der Waals surface area contributed by atoms with Gasteiger partial charge in [-0.05, 0) is 34.0 Å². The van der Waals surface area contributed by atoms with E-state index in [1.54, 1.807) is 0 Å². The third kappa shape index (κ3) is 3.39. The molecule has 1 atom stereocenters. The van der Waals surface area contributed by atoms with Gasteiger partial charge in [0.05, 0.1) is 18.2 Å². The van der Waals surface area contributed by atoms with E-state index in [1.165, 1.54) is 11.3 Å². The van der Waals surface area contributed by atoms with Gasteiger partial charge in [0.15, 0.2) is 0 Å². The number of aryl methyl sites for hydroxylation is 1. The molecule has 120 valence electrons. The van der Waals surface area contributed by atoms with E-state index in [4.69, 9.17) is 0 Å². The summed E-state index contributed by atoms with van der Waals surface area (Å²) in [5.41, 5.74) is 2.61. The second kappa shape index (κ2) is 6.62. The molecule has 0 spiro atoms. The zero-order valence-corrected chi connectivity index (χ0v) is 13.8. The highest BCUT2D eigenvalue weighted by atomic mass is 15.3. The average molecular weight is 302 g/mol. The molecule has 1 aliphatic heterocycles. The van der Waals surface area contributed by atoms with Gasteiger partial charge in [0, 0.05) is 50.2 Å². The fraction of sp³-hybridized carbons (Fsp3) is 0.625. The molecule has 0 unspecified atom stereocenters. The molecule has 0 radical (unpaired) electrons. The van der Waals surface area contributed by atoms with E-state index < -0.39 is 0 Å². The van der Waals surface area contributed by atoms with Crippen molar-refractivity contribution in [2.75, 3.05) is 27.2 Å². The van der Waals surface area contributed by atoms with Crippen LogP contribution < -0.4 is 0 Å². The monoisotopic (exact) mass is 302 g/mol. The summed E-state index contributed by atoms with van der Waals surface area (Å²) in [5.74, 6) is 0. The third-order valence-corrected chi connectivity index (χ3v) is 4.32. The van der Waals surface area contributed by atoms with Crippen LogP contribution in [-0.2, 0) is 19.6 Å². The molecule has 0 saturated heterocycles. The molecule has 1 aliphatic rings. The largest absolute Gasteiger partial charge is 0.329 e. The molecule has 0 fully saturated rings. The molecular formula is C16H26N6. The minimum Gasteiger partial charge on any atom is -0.329 e. The summed E-state index contributed by atoms with van der Waals surface area (Å²) in [6, 6.07) is 0.509. The summed E-state index contributed by atoms with van der Waals surface area (Å²) in [6.07, 6.45) is 9.29. The molecule has 0 saturated carbocycles.